The highest BCUT2D eigenvalue weighted by Crippen LogP contribution is 2.29. The number of halogens is 1. The van der Waals surface area contributed by atoms with Gasteiger partial charge in [0.15, 0.2) is 4.34 Å². The fraction of sp³-hybridized carbons (Fsp3) is 0.167. The molecule has 3 aromatic rings. The van der Waals surface area contributed by atoms with Crippen molar-refractivity contribution < 1.29 is 4.79 Å². The van der Waals surface area contributed by atoms with Crippen LogP contribution in [0.2, 0.25) is 5.02 Å². The van der Waals surface area contributed by atoms with Gasteiger partial charge in [0.05, 0.1) is 5.25 Å². The van der Waals surface area contributed by atoms with Crippen LogP contribution in [0.3, 0.4) is 0 Å². The van der Waals surface area contributed by atoms with Crippen molar-refractivity contribution in [3.05, 3.63) is 65.2 Å². The first-order chi connectivity index (χ1) is 12.6. The van der Waals surface area contributed by atoms with E-state index in [-0.39, 0.29) is 11.2 Å². The van der Waals surface area contributed by atoms with Crippen LogP contribution in [0.5, 0.6) is 0 Å². The van der Waals surface area contributed by atoms with E-state index >= 15 is 0 Å². The van der Waals surface area contributed by atoms with Crippen LogP contribution < -0.4 is 10.6 Å². The third kappa shape index (κ3) is 5.45. The zero-order chi connectivity index (χ0) is 18.4. The Bertz CT molecular complexity index is 872. The number of aromatic nitrogens is 2. The summed E-state index contributed by atoms with van der Waals surface area (Å²) in [6, 6.07) is 17.2. The van der Waals surface area contributed by atoms with Gasteiger partial charge >= 0.3 is 0 Å². The average Bonchev–Trinajstić information content (AvgIpc) is 3.08. The molecule has 1 amide bonds. The molecule has 0 aliphatic heterocycles. The lowest BCUT2D eigenvalue weighted by Crippen LogP contribution is -2.22. The maximum atomic E-state index is 12.3. The Morgan fingerprint density at radius 2 is 2.00 bits per heavy atom. The predicted molar refractivity (Wildman–Crippen MR) is 109 cm³/mol. The molecule has 1 heterocycles. The molecule has 2 aromatic carbocycles. The van der Waals surface area contributed by atoms with Gasteiger partial charge in [0.2, 0.25) is 11.0 Å². The van der Waals surface area contributed by atoms with Crippen LogP contribution in [0.25, 0.3) is 0 Å². The van der Waals surface area contributed by atoms with Crippen molar-refractivity contribution in [2.24, 2.45) is 0 Å². The maximum Gasteiger partial charge on any atom is 0.237 e. The number of benzene rings is 2. The van der Waals surface area contributed by atoms with Crippen LogP contribution in [0.1, 0.15) is 12.5 Å². The van der Waals surface area contributed by atoms with Crippen LogP contribution in [0.4, 0.5) is 10.8 Å². The Hall–Kier alpha value is -2.09. The van der Waals surface area contributed by atoms with E-state index in [2.05, 4.69) is 20.8 Å². The van der Waals surface area contributed by atoms with Gasteiger partial charge in [-0.3, -0.25) is 4.79 Å². The SMILES string of the molecule is CC(Sc1nnc(NCc2ccccc2)s1)C(=O)Nc1cccc(Cl)c1. The van der Waals surface area contributed by atoms with Crippen molar-refractivity contribution in [3.8, 4) is 0 Å². The number of anilines is 2. The first-order valence-electron chi connectivity index (χ1n) is 7.94. The molecule has 0 saturated heterocycles. The van der Waals surface area contributed by atoms with Crippen molar-refractivity contribution in [2.75, 3.05) is 10.6 Å². The molecular weight excluding hydrogens is 388 g/mol. The van der Waals surface area contributed by atoms with E-state index < -0.39 is 0 Å². The van der Waals surface area contributed by atoms with Crippen molar-refractivity contribution in [2.45, 2.75) is 23.1 Å². The molecule has 26 heavy (non-hydrogen) atoms. The maximum absolute atomic E-state index is 12.3. The minimum absolute atomic E-state index is 0.105. The van der Waals surface area contributed by atoms with Gasteiger partial charge in [-0.15, -0.1) is 10.2 Å². The topological polar surface area (TPSA) is 66.9 Å². The van der Waals surface area contributed by atoms with E-state index in [0.29, 0.717) is 17.3 Å². The van der Waals surface area contributed by atoms with Crippen LogP contribution in [0, 0.1) is 0 Å². The summed E-state index contributed by atoms with van der Waals surface area (Å²) in [5.41, 5.74) is 1.85. The number of hydrogen-bond acceptors (Lipinski definition) is 6. The number of amides is 1. The van der Waals surface area contributed by atoms with Crippen LogP contribution in [-0.4, -0.2) is 21.4 Å². The van der Waals surface area contributed by atoms with E-state index in [9.17, 15) is 4.79 Å². The monoisotopic (exact) mass is 404 g/mol. The van der Waals surface area contributed by atoms with Gasteiger partial charge in [0.1, 0.15) is 0 Å². The van der Waals surface area contributed by atoms with Crippen LogP contribution >= 0.6 is 34.7 Å². The number of carbonyl (C=O) groups is 1. The lowest BCUT2D eigenvalue weighted by Gasteiger charge is -2.10. The molecule has 1 atom stereocenters. The molecule has 2 N–H and O–H groups in total. The second kappa shape index (κ2) is 9.02. The summed E-state index contributed by atoms with van der Waals surface area (Å²) in [5, 5.41) is 15.4. The van der Waals surface area contributed by atoms with Gasteiger partial charge < -0.3 is 10.6 Å². The minimum Gasteiger partial charge on any atom is -0.356 e. The second-order valence-corrected chi connectivity index (χ2v) is 8.47. The standard InChI is InChI=1S/C18H17ClN4OS2/c1-12(16(24)21-15-9-5-8-14(19)10-15)25-18-23-22-17(26-18)20-11-13-6-3-2-4-7-13/h2-10,12H,11H2,1H3,(H,20,22)(H,21,24). The van der Waals surface area contributed by atoms with Crippen molar-refractivity contribution in [1.82, 2.24) is 10.2 Å². The number of hydrogen-bond donors (Lipinski definition) is 2. The third-order valence-corrected chi connectivity index (χ3v) is 5.73. The second-order valence-electron chi connectivity index (χ2n) is 5.47. The molecular formula is C18H17ClN4OS2. The Balaban J connectivity index is 1.52. The van der Waals surface area contributed by atoms with Gasteiger partial charge in [-0.05, 0) is 30.7 Å². The summed E-state index contributed by atoms with van der Waals surface area (Å²) >= 11 is 8.75. The lowest BCUT2D eigenvalue weighted by molar-refractivity contribution is -0.115. The van der Waals surface area contributed by atoms with Crippen LogP contribution in [0.15, 0.2) is 58.9 Å². The smallest absolute Gasteiger partial charge is 0.237 e. The summed E-state index contributed by atoms with van der Waals surface area (Å²) < 4.78 is 0.745. The molecule has 1 unspecified atom stereocenters. The number of carbonyl (C=O) groups excluding carboxylic acids is 1. The zero-order valence-corrected chi connectivity index (χ0v) is 16.4. The van der Waals surface area contributed by atoms with E-state index in [0.717, 1.165) is 9.47 Å². The van der Waals surface area contributed by atoms with Gasteiger partial charge in [0.25, 0.3) is 0 Å². The Kier molecular flexibility index (Phi) is 6.49. The van der Waals surface area contributed by atoms with Crippen molar-refractivity contribution >= 4 is 51.4 Å². The van der Waals surface area contributed by atoms with Gasteiger partial charge in [0, 0.05) is 17.3 Å². The summed E-state index contributed by atoms with van der Waals surface area (Å²) in [6.45, 7) is 2.52. The summed E-state index contributed by atoms with van der Waals surface area (Å²) in [6.07, 6.45) is 0. The highest BCUT2D eigenvalue weighted by Gasteiger charge is 2.17. The molecule has 0 bridgehead atoms. The van der Waals surface area contributed by atoms with Gasteiger partial charge in [-0.25, -0.2) is 0 Å². The highest BCUT2D eigenvalue weighted by atomic mass is 35.5. The molecule has 5 nitrogen and oxygen atoms in total. The molecule has 0 saturated carbocycles. The number of thioether (sulfide) groups is 1. The molecule has 0 spiro atoms. The molecule has 0 aliphatic carbocycles. The van der Waals surface area contributed by atoms with E-state index in [1.165, 1.54) is 28.7 Å². The summed E-state index contributed by atoms with van der Waals surface area (Å²) in [4.78, 5) is 12.3. The first kappa shape index (κ1) is 18.7. The molecule has 8 heteroatoms. The average molecular weight is 405 g/mol. The fourth-order valence-corrected chi connectivity index (χ4v) is 4.20. The summed E-state index contributed by atoms with van der Waals surface area (Å²) in [5.74, 6) is -0.105. The Labute approximate surface area is 165 Å². The third-order valence-electron chi connectivity index (χ3n) is 3.43. The number of rotatable bonds is 7. The highest BCUT2D eigenvalue weighted by molar-refractivity contribution is 8.02. The van der Waals surface area contributed by atoms with E-state index in [1.807, 2.05) is 37.3 Å². The summed E-state index contributed by atoms with van der Waals surface area (Å²) in [7, 11) is 0. The van der Waals surface area contributed by atoms with Crippen LogP contribution in [-0.2, 0) is 11.3 Å². The number of nitrogens with one attached hydrogen (secondary N) is 2. The lowest BCUT2D eigenvalue weighted by atomic mass is 10.2. The predicted octanol–water partition coefficient (Wildman–Crippen LogP) is 4.92. The van der Waals surface area contributed by atoms with Gasteiger partial charge in [-0.1, -0.05) is 71.1 Å². The quantitative estimate of drug-likeness (QED) is 0.547. The van der Waals surface area contributed by atoms with E-state index in [4.69, 9.17) is 11.6 Å². The van der Waals surface area contributed by atoms with Gasteiger partial charge in [-0.2, -0.15) is 0 Å². The largest absolute Gasteiger partial charge is 0.356 e. The van der Waals surface area contributed by atoms with E-state index in [1.54, 1.807) is 24.3 Å². The normalized spacial score (nSPS) is 11.8. The molecule has 3 rings (SSSR count). The fourth-order valence-electron chi connectivity index (χ4n) is 2.12. The molecule has 134 valence electrons. The zero-order valence-electron chi connectivity index (χ0n) is 14.0. The first-order valence-corrected chi connectivity index (χ1v) is 10.0. The Morgan fingerprint density at radius 3 is 2.77 bits per heavy atom. The molecule has 0 radical (unpaired) electrons. The van der Waals surface area contributed by atoms with Crippen molar-refractivity contribution in [1.29, 1.82) is 0 Å². The molecule has 0 fully saturated rings. The molecule has 0 aliphatic rings. The minimum atomic E-state index is -0.302. The Morgan fingerprint density at radius 1 is 1.19 bits per heavy atom. The van der Waals surface area contributed by atoms with Crippen molar-refractivity contribution in [3.63, 3.8) is 0 Å². The molecule has 1 aromatic heterocycles. The number of nitrogens with zero attached hydrogens (tertiary/aromatic N) is 2.